The zero-order valence-corrected chi connectivity index (χ0v) is 22.3. The zero-order valence-electron chi connectivity index (χ0n) is 22.3. The van der Waals surface area contributed by atoms with Crippen LogP contribution in [0.4, 0.5) is 0 Å². The first-order chi connectivity index (χ1) is 20.8. The molecule has 0 aromatic heterocycles. The molecule has 5 atom stereocenters. The first-order valence-electron chi connectivity index (χ1n) is 13.1. The second-order valence-corrected chi connectivity index (χ2v) is 10.7. The fourth-order valence-electron chi connectivity index (χ4n) is 5.84. The Morgan fingerprint density at radius 2 is 1.05 bits per heavy atom. The predicted molar refractivity (Wildman–Crippen MR) is 147 cm³/mol. The van der Waals surface area contributed by atoms with Crippen molar-refractivity contribution in [2.24, 2.45) is 0 Å². The van der Waals surface area contributed by atoms with E-state index in [1.807, 2.05) is 0 Å². The van der Waals surface area contributed by atoms with Crippen LogP contribution in [0.1, 0.15) is 45.9 Å². The van der Waals surface area contributed by atoms with Crippen LogP contribution < -0.4 is 9.47 Å². The van der Waals surface area contributed by atoms with E-state index in [4.69, 9.17) is 9.47 Å². The van der Waals surface area contributed by atoms with Crippen molar-refractivity contribution in [3.8, 4) is 69.0 Å². The van der Waals surface area contributed by atoms with Gasteiger partial charge >= 0.3 is 0 Å². The van der Waals surface area contributed by atoms with Crippen molar-refractivity contribution in [1.82, 2.24) is 0 Å². The van der Waals surface area contributed by atoms with Gasteiger partial charge in [0.15, 0.2) is 58.2 Å². The Hall–Kier alpha value is -5.60. The maximum absolute atomic E-state index is 11.8. The average molecular weight is 611 g/mol. The van der Waals surface area contributed by atoms with Crippen molar-refractivity contribution in [2.75, 3.05) is 0 Å². The largest absolute Gasteiger partial charge is 0.508 e. The molecule has 230 valence electrons. The fourth-order valence-corrected chi connectivity index (χ4v) is 5.84. The number of hydrogen-bond acceptors (Lipinski definition) is 14. The van der Waals surface area contributed by atoms with Crippen molar-refractivity contribution >= 4 is 0 Å². The van der Waals surface area contributed by atoms with Crippen molar-refractivity contribution in [1.29, 1.82) is 0 Å². The van der Waals surface area contributed by atoms with Gasteiger partial charge in [0.1, 0.15) is 29.1 Å². The Kier molecular flexibility index (Phi) is 6.48. The van der Waals surface area contributed by atoms with Crippen molar-refractivity contribution in [3.63, 3.8) is 0 Å². The van der Waals surface area contributed by atoms with Gasteiger partial charge in [0.05, 0.1) is 12.0 Å². The van der Waals surface area contributed by atoms with Crippen LogP contribution in [0, 0.1) is 0 Å². The quantitative estimate of drug-likeness (QED) is 0.149. The molecule has 12 N–H and O–H groups in total. The number of phenolic OH excluding ortho intramolecular Hbond substituents is 10. The Labute approximate surface area is 247 Å². The van der Waals surface area contributed by atoms with Crippen LogP contribution in [0.25, 0.3) is 0 Å². The molecule has 2 aliphatic heterocycles. The van der Waals surface area contributed by atoms with Gasteiger partial charge in [0.2, 0.25) is 0 Å². The van der Waals surface area contributed by atoms with Gasteiger partial charge in [0, 0.05) is 46.4 Å². The molecule has 0 amide bonds. The minimum Gasteiger partial charge on any atom is -0.508 e. The number of rotatable bonds is 3. The lowest BCUT2D eigenvalue weighted by molar-refractivity contribution is 0.000610. The Balaban J connectivity index is 1.56. The van der Waals surface area contributed by atoms with Gasteiger partial charge in [0.25, 0.3) is 0 Å². The highest BCUT2D eigenvalue weighted by Gasteiger charge is 2.46. The molecule has 0 aliphatic carbocycles. The molecule has 4 aromatic rings. The Bertz CT molecular complexity index is 1770. The third kappa shape index (κ3) is 4.35. The summed E-state index contributed by atoms with van der Waals surface area (Å²) >= 11 is 0. The summed E-state index contributed by atoms with van der Waals surface area (Å²) in [5, 5.41) is 126. The van der Waals surface area contributed by atoms with E-state index in [-0.39, 0.29) is 45.7 Å². The van der Waals surface area contributed by atoms with Gasteiger partial charge in [-0.3, -0.25) is 0 Å². The van der Waals surface area contributed by atoms with E-state index < -0.39 is 87.8 Å². The highest BCUT2D eigenvalue weighted by atomic mass is 16.5. The lowest BCUT2D eigenvalue weighted by Crippen LogP contribution is -2.36. The van der Waals surface area contributed by atoms with E-state index in [2.05, 4.69) is 0 Å². The van der Waals surface area contributed by atoms with Crippen molar-refractivity contribution in [2.45, 2.75) is 36.8 Å². The number of phenols is 10. The van der Waals surface area contributed by atoms with Crippen LogP contribution in [-0.2, 0) is 6.42 Å². The molecule has 0 bridgehead atoms. The summed E-state index contributed by atoms with van der Waals surface area (Å²) in [6.07, 6.45) is -6.25. The molecule has 0 saturated carbocycles. The van der Waals surface area contributed by atoms with E-state index >= 15 is 0 Å². The second kappa shape index (κ2) is 10.00. The van der Waals surface area contributed by atoms with E-state index in [1.165, 1.54) is 0 Å². The van der Waals surface area contributed by atoms with Crippen LogP contribution in [0.2, 0.25) is 0 Å². The molecule has 6 rings (SSSR count). The third-order valence-corrected chi connectivity index (χ3v) is 7.85. The van der Waals surface area contributed by atoms with Gasteiger partial charge in [-0.05, 0) is 30.3 Å². The molecule has 0 unspecified atom stereocenters. The summed E-state index contributed by atoms with van der Waals surface area (Å²) in [5.74, 6) is -8.65. The molecular formula is C30H26O14. The highest BCUT2D eigenvalue weighted by molar-refractivity contribution is 5.66. The summed E-state index contributed by atoms with van der Waals surface area (Å²) in [7, 11) is 0. The number of fused-ring (bicyclic) bond motifs is 2. The number of aromatic hydroxyl groups is 10. The molecule has 0 fully saturated rings. The van der Waals surface area contributed by atoms with Crippen molar-refractivity contribution < 1.29 is 70.8 Å². The fraction of sp³-hybridized carbons (Fsp3) is 0.200. The molecular weight excluding hydrogens is 584 g/mol. The van der Waals surface area contributed by atoms with E-state index in [9.17, 15) is 61.3 Å². The van der Waals surface area contributed by atoms with Crippen LogP contribution in [0.5, 0.6) is 69.0 Å². The number of benzene rings is 4. The molecule has 2 heterocycles. The van der Waals surface area contributed by atoms with Crippen molar-refractivity contribution in [3.05, 3.63) is 70.3 Å². The molecule has 0 spiro atoms. The van der Waals surface area contributed by atoms with Crippen LogP contribution >= 0.6 is 0 Å². The van der Waals surface area contributed by atoms with Gasteiger partial charge in [-0.2, -0.15) is 0 Å². The summed E-state index contributed by atoms with van der Waals surface area (Å²) in [4.78, 5) is 0. The van der Waals surface area contributed by atoms with Gasteiger partial charge in [-0.15, -0.1) is 0 Å². The van der Waals surface area contributed by atoms with Crippen LogP contribution in [-0.4, -0.2) is 73.5 Å². The predicted octanol–water partition coefficient (Wildman–Crippen LogP) is 2.41. The van der Waals surface area contributed by atoms with E-state index in [0.29, 0.717) is 0 Å². The molecule has 44 heavy (non-hydrogen) atoms. The normalized spacial score (nSPS) is 22.4. The maximum atomic E-state index is 11.8. The number of ether oxygens (including phenoxy) is 2. The summed E-state index contributed by atoms with van der Waals surface area (Å²) in [6, 6.07) is 7.11. The Morgan fingerprint density at radius 3 is 1.61 bits per heavy atom. The van der Waals surface area contributed by atoms with E-state index in [0.717, 1.165) is 42.5 Å². The average Bonchev–Trinajstić information content (AvgIpc) is 2.95. The maximum Gasteiger partial charge on any atom is 0.200 e. The lowest BCUT2D eigenvalue weighted by atomic mass is 9.77. The third-order valence-electron chi connectivity index (χ3n) is 7.85. The van der Waals surface area contributed by atoms with Gasteiger partial charge in [-0.25, -0.2) is 0 Å². The van der Waals surface area contributed by atoms with Crippen LogP contribution in [0.15, 0.2) is 42.5 Å². The van der Waals surface area contributed by atoms with Crippen LogP contribution in [0.3, 0.4) is 0 Å². The molecule has 0 radical (unpaired) electrons. The first kappa shape index (κ1) is 28.5. The standard InChI is InChI=1S/C30H26O14/c31-11-5-13-22(26(42)28(44-29(13)20(38)6-11)10-3-18(36)25(41)19(37)4-10)23-15(33)8-14(32)12-7-21(39)27(43-30(12)23)9-1-16(34)24(40)17(35)2-9/h1-6,8,21-22,26-28,31-42H,7H2/t21-,22+,26+,27-,28-/m1/s1. The molecule has 2 aliphatic rings. The smallest absolute Gasteiger partial charge is 0.200 e. The Morgan fingerprint density at radius 1 is 0.523 bits per heavy atom. The minimum absolute atomic E-state index is 0.000804. The summed E-state index contributed by atoms with van der Waals surface area (Å²) in [6.45, 7) is 0. The molecule has 14 heteroatoms. The SMILES string of the molecule is Oc1cc(O)c2c(c1)[C@@H](c1c(O)cc(O)c3c1O[C@H](c1cc(O)c(O)c(O)c1)[C@H](O)C3)[C@H](O)[C@@H](c1cc(O)c(O)c(O)c1)O2. The van der Waals surface area contributed by atoms with Gasteiger partial charge < -0.3 is 70.8 Å². The number of hydrogen-bond donors (Lipinski definition) is 12. The zero-order chi connectivity index (χ0) is 31.8. The monoisotopic (exact) mass is 610 g/mol. The summed E-state index contributed by atoms with van der Waals surface area (Å²) in [5.41, 5.74) is -0.311. The topological polar surface area (TPSA) is 261 Å². The number of aliphatic hydroxyl groups is 2. The van der Waals surface area contributed by atoms with Gasteiger partial charge in [-0.1, -0.05) is 0 Å². The minimum atomic E-state index is -1.73. The van der Waals surface area contributed by atoms with E-state index in [1.54, 1.807) is 0 Å². The molecule has 14 nitrogen and oxygen atoms in total. The second-order valence-electron chi connectivity index (χ2n) is 10.7. The first-order valence-corrected chi connectivity index (χ1v) is 13.1. The number of aliphatic hydroxyl groups excluding tert-OH is 2. The molecule has 4 aromatic carbocycles. The summed E-state index contributed by atoms with van der Waals surface area (Å²) < 4.78 is 11.9. The highest BCUT2D eigenvalue weighted by Crippen LogP contribution is 2.57. The molecule has 0 saturated heterocycles. The lowest BCUT2D eigenvalue weighted by Gasteiger charge is -2.40.